The van der Waals surface area contributed by atoms with Crippen LogP contribution < -0.4 is 10.6 Å². The zero-order valence-electron chi connectivity index (χ0n) is 12.9. The van der Waals surface area contributed by atoms with Gasteiger partial charge in [-0.3, -0.25) is 9.59 Å². The highest BCUT2D eigenvalue weighted by atomic mass is 79.9. The Bertz CT molecular complexity index is 802. The maximum atomic E-state index is 12.4. The number of hydrogen-bond donors (Lipinski definition) is 2. The Balaban J connectivity index is 1.92. The van der Waals surface area contributed by atoms with Crippen molar-refractivity contribution in [3.63, 3.8) is 0 Å². The lowest BCUT2D eigenvalue weighted by Gasteiger charge is -2.16. The van der Waals surface area contributed by atoms with E-state index >= 15 is 0 Å². The Morgan fingerprint density at radius 2 is 1.78 bits per heavy atom. The zero-order valence-corrected chi connectivity index (χ0v) is 14.5. The number of benzene rings is 2. The second-order valence-electron chi connectivity index (χ2n) is 5.83. The number of ketones is 1. The number of nitrogens with one attached hydrogen (secondary N) is 2. The normalized spacial score (nSPS) is 17.1. The fourth-order valence-electron chi connectivity index (χ4n) is 2.65. The highest BCUT2D eigenvalue weighted by Crippen LogP contribution is 2.29. The smallest absolute Gasteiger partial charge is 0.294 e. The van der Waals surface area contributed by atoms with Gasteiger partial charge in [-0.2, -0.15) is 0 Å². The molecule has 118 valence electrons. The molecule has 2 aromatic rings. The van der Waals surface area contributed by atoms with Crippen LogP contribution in [0.15, 0.2) is 40.9 Å². The van der Waals surface area contributed by atoms with Gasteiger partial charge in [0.1, 0.15) is 0 Å². The van der Waals surface area contributed by atoms with E-state index < -0.39 is 17.7 Å². The van der Waals surface area contributed by atoms with Crippen molar-refractivity contribution < 1.29 is 9.59 Å². The minimum Gasteiger partial charge on any atom is -0.373 e. The molecular formula is C18H17BrN2O2. The van der Waals surface area contributed by atoms with Gasteiger partial charge in [0.2, 0.25) is 5.78 Å². The van der Waals surface area contributed by atoms with E-state index in [1.807, 2.05) is 31.2 Å². The van der Waals surface area contributed by atoms with Gasteiger partial charge in [-0.15, -0.1) is 0 Å². The number of halogens is 1. The summed E-state index contributed by atoms with van der Waals surface area (Å²) in [4.78, 5) is 24.4. The molecule has 4 nitrogen and oxygen atoms in total. The molecule has 1 heterocycles. The number of carbonyl (C=O) groups excluding carboxylic acids is 2. The van der Waals surface area contributed by atoms with E-state index in [-0.39, 0.29) is 0 Å². The second kappa shape index (κ2) is 6.16. The summed E-state index contributed by atoms with van der Waals surface area (Å²) in [5.74, 6) is -1.03. The Hall–Kier alpha value is -2.14. The topological polar surface area (TPSA) is 58.2 Å². The maximum absolute atomic E-state index is 12.4. The molecule has 0 fully saturated rings. The van der Waals surface area contributed by atoms with Crippen LogP contribution in [0.4, 0.5) is 11.4 Å². The molecule has 0 bridgehead atoms. The predicted molar refractivity (Wildman–Crippen MR) is 94.8 cm³/mol. The molecular weight excluding hydrogens is 356 g/mol. The average molecular weight is 373 g/mol. The molecule has 2 aromatic carbocycles. The van der Waals surface area contributed by atoms with Crippen molar-refractivity contribution in [1.82, 2.24) is 0 Å². The van der Waals surface area contributed by atoms with Gasteiger partial charge in [-0.05, 0) is 48.7 Å². The molecule has 1 unspecified atom stereocenters. The Morgan fingerprint density at radius 1 is 1.00 bits per heavy atom. The Morgan fingerprint density at radius 3 is 2.52 bits per heavy atom. The van der Waals surface area contributed by atoms with Gasteiger partial charge in [-0.1, -0.05) is 34.1 Å². The molecule has 1 aliphatic rings. The maximum Gasteiger partial charge on any atom is 0.294 e. The van der Waals surface area contributed by atoms with Crippen molar-refractivity contribution in [3.8, 4) is 0 Å². The van der Waals surface area contributed by atoms with Crippen LogP contribution in [0.5, 0.6) is 0 Å². The molecule has 1 atom stereocenters. The summed E-state index contributed by atoms with van der Waals surface area (Å²) < 4.78 is 0.886. The van der Waals surface area contributed by atoms with Crippen LogP contribution in [0, 0.1) is 13.8 Å². The molecule has 0 radical (unpaired) electrons. The summed E-state index contributed by atoms with van der Waals surface area (Å²) in [5, 5.41) is 5.86. The second-order valence-corrected chi connectivity index (χ2v) is 6.74. The largest absolute Gasteiger partial charge is 0.373 e. The minimum absolute atomic E-state index is 0.449. The van der Waals surface area contributed by atoms with Gasteiger partial charge in [-0.25, -0.2) is 0 Å². The highest BCUT2D eigenvalue weighted by Gasteiger charge is 2.30. The van der Waals surface area contributed by atoms with Crippen molar-refractivity contribution >= 4 is 39.0 Å². The predicted octanol–water partition coefficient (Wildman–Crippen LogP) is 3.61. The first kappa shape index (κ1) is 15.7. The van der Waals surface area contributed by atoms with Gasteiger partial charge in [0.25, 0.3) is 5.91 Å². The first-order valence-electron chi connectivity index (χ1n) is 7.41. The highest BCUT2D eigenvalue weighted by molar-refractivity contribution is 9.10. The molecule has 2 N–H and O–H groups in total. The third kappa shape index (κ3) is 3.29. The van der Waals surface area contributed by atoms with Crippen LogP contribution in [-0.4, -0.2) is 17.7 Å². The molecule has 0 aromatic heterocycles. The van der Waals surface area contributed by atoms with Crippen molar-refractivity contribution in [2.75, 3.05) is 10.6 Å². The van der Waals surface area contributed by atoms with Crippen molar-refractivity contribution in [2.45, 2.75) is 26.3 Å². The van der Waals surface area contributed by atoms with E-state index in [0.29, 0.717) is 12.1 Å². The quantitative estimate of drug-likeness (QED) is 0.791. The number of fused-ring (bicyclic) bond motifs is 1. The van der Waals surface area contributed by atoms with Crippen LogP contribution >= 0.6 is 15.9 Å². The van der Waals surface area contributed by atoms with E-state index in [1.54, 1.807) is 6.07 Å². The van der Waals surface area contributed by atoms with Crippen LogP contribution in [0.3, 0.4) is 0 Å². The molecule has 0 saturated carbocycles. The molecule has 5 heteroatoms. The summed E-state index contributed by atoms with van der Waals surface area (Å²) in [6, 6.07) is 11.0. The molecule has 1 amide bonds. The van der Waals surface area contributed by atoms with E-state index in [2.05, 4.69) is 39.6 Å². The molecule has 0 saturated heterocycles. The van der Waals surface area contributed by atoms with Crippen LogP contribution in [0.1, 0.15) is 16.7 Å². The molecule has 0 spiro atoms. The number of aryl methyl sites for hydroxylation is 2. The zero-order chi connectivity index (χ0) is 16.6. The van der Waals surface area contributed by atoms with Crippen LogP contribution in [-0.2, 0) is 16.0 Å². The van der Waals surface area contributed by atoms with Crippen LogP contribution in [0.25, 0.3) is 0 Å². The van der Waals surface area contributed by atoms with Crippen molar-refractivity contribution in [1.29, 1.82) is 0 Å². The summed E-state index contributed by atoms with van der Waals surface area (Å²) >= 11 is 3.41. The lowest BCUT2D eigenvalue weighted by molar-refractivity contribution is -0.135. The first-order chi connectivity index (χ1) is 10.9. The summed E-state index contributed by atoms with van der Waals surface area (Å²) in [7, 11) is 0. The minimum atomic E-state index is -0.576. The van der Waals surface area contributed by atoms with E-state index in [1.165, 1.54) is 11.1 Å². The Kier molecular flexibility index (Phi) is 4.22. The van der Waals surface area contributed by atoms with Crippen molar-refractivity contribution in [2.24, 2.45) is 0 Å². The van der Waals surface area contributed by atoms with Crippen molar-refractivity contribution in [3.05, 3.63) is 57.6 Å². The SMILES string of the molecule is Cc1ccc(CC2Nc3cc(Br)ccc3NC(=O)C2=O)cc1C. The van der Waals surface area contributed by atoms with Crippen LogP contribution in [0.2, 0.25) is 0 Å². The van der Waals surface area contributed by atoms with Gasteiger partial charge in [0.15, 0.2) is 0 Å². The summed E-state index contributed by atoms with van der Waals surface area (Å²) in [6.07, 6.45) is 0.472. The number of hydrogen-bond acceptors (Lipinski definition) is 3. The lowest BCUT2D eigenvalue weighted by atomic mass is 9.98. The fraction of sp³-hybridized carbons (Fsp3) is 0.222. The number of carbonyl (C=O) groups is 2. The third-order valence-electron chi connectivity index (χ3n) is 4.11. The molecule has 0 aliphatic carbocycles. The Labute approximate surface area is 143 Å². The van der Waals surface area contributed by atoms with E-state index in [4.69, 9.17) is 0 Å². The monoisotopic (exact) mass is 372 g/mol. The lowest BCUT2D eigenvalue weighted by Crippen LogP contribution is -2.37. The fourth-order valence-corrected chi connectivity index (χ4v) is 3.01. The molecule has 3 rings (SSSR count). The number of Topliss-reactive ketones (excluding diaryl/α,β-unsaturated/α-hetero) is 1. The molecule has 23 heavy (non-hydrogen) atoms. The summed E-state index contributed by atoms with van der Waals surface area (Å²) in [5.41, 5.74) is 4.78. The molecule has 1 aliphatic heterocycles. The van der Waals surface area contributed by atoms with Gasteiger partial charge < -0.3 is 10.6 Å². The average Bonchev–Trinajstić information content (AvgIpc) is 2.62. The van der Waals surface area contributed by atoms with E-state index in [9.17, 15) is 9.59 Å². The number of anilines is 2. The van der Waals surface area contributed by atoms with E-state index in [0.717, 1.165) is 15.7 Å². The number of amides is 1. The van der Waals surface area contributed by atoms with Gasteiger partial charge in [0.05, 0.1) is 17.4 Å². The van der Waals surface area contributed by atoms with Gasteiger partial charge in [0, 0.05) is 10.9 Å². The van der Waals surface area contributed by atoms with Gasteiger partial charge >= 0.3 is 0 Å². The number of rotatable bonds is 2. The standard InChI is InChI=1S/C18H17BrN2O2/c1-10-3-4-12(7-11(10)2)8-16-17(22)18(23)21-14-6-5-13(19)9-15(14)20-16/h3-7,9,16,20H,8H2,1-2H3,(H,21,23). The third-order valence-corrected chi connectivity index (χ3v) is 4.60. The summed E-state index contributed by atoms with van der Waals surface area (Å²) in [6.45, 7) is 4.09. The first-order valence-corrected chi connectivity index (χ1v) is 8.21.